The van der Waals surface area contributed by atoms with E-state index in [-0.39, 0.29) is 42.0 Å². The number of carbonyl (C=O) groups excluding carboxylic acids is 3. The fourth-order valence-electron chi connectivity index (χ4n) is 4.65. The number of carbonyl (C=O) groups is 3. The molecule has 0 aliphatic carbocycles. The summed E-state index contributed by atoms with van der Waals surface area (Å²) >= 11 is 0.821. The molecule has 2 aromatic heterocycles. The van der Waals surface area contributed by atoms with Gasteiger partial charge in [-0.05, 0) is 76.1 Å². The molecule has 0 spiro atoms. The Morgan fingerprint density at radius 3 is 2.29 bits per heavy atom. The number of H-pyrrole nitrogens is 1. The third-order valence-electron chi connectivity index (χ3n) is 6.74. The summed E-state index contributed by atoms with van der Waals surface area (Å²) in [6.07, 6.45) is 0.777. The van der Waals surface area contributed by atoms with Gasteiger partial charge in [0.15, 0.2) is 12.3 Å². The molecule has 0 atom stereocenters. The quantitative estimate of drug-likeness (QED) is 0.0915. The van der Waals surface area contributed by atoms with Gasteiger partial charge in [-0.1, -0.05) is 19.9 Å². The van der Waals surface area contributed by atoms with Crippen LogP contribution in [0.2, 0.25) is 0 Å². The van der Waals surface area contributed by atoms with Crippen LogP contribution in [0.15, 0.2) is 58.1 Å². The van der Waals surface area contributed by atoms with E-state index in [1.165, 1.54) is 9.13 Å². The summed E-state index contributed by atoms with van der Waals surface area (Å²) in [7, 11) is 0. The monoisotopic (exact) mass is 694 g/mol. The Morgan fingerprint density at radius 1 is 0.918 bits per heavy atom. The largest absolute Gasteiger partial charge is 0.484 e. The van der Waals surface area contributed by atoms with Gasteiger partial charge in [-0.15, -0.1) is 0 Å². The van der Waals surface area contributed by atoms with Crippen LogP contribution >= 0.6 is 11.9 Å². The van der Waals surface area contributed by atoms with Crippen molar-refractivity contribution in [1.82, 2.24) is 29.7 Å². The molecule has 0 unspecified atom stereocenters. The molecule has 0 bridgehead atoms. The van der Waals surface area contributed by atoms with E-state index in [1.54, 1.807) is 69.3 Å². The molecule has 0 aliphatic rings. The number of ether oxygens (including phenoxy) is 2. The van der Waals surface area contributed by atoms with Gasteiger partial charge in [0, 0.05) is 55.1 Å². The van der Waals surface area contributed by atoms with Crippen molar-refractivity contribution in [3.8, 4) is 17.1 Å². The second kappa shape index (κ2) is 16.7. The highest BCUT2D eigenvalue weighted by Crippen LogP contribution is 2.22. The number of rotatable bonds is 14. The van der Waals surface area contributed by atoms with Crippen molar-refractivity contribution in [3.63, 3.8) is 0 Å². The second-order valence-corrected chi connectivity index (χ2v) is 12.7. The fourth-order valence-corrected chi connectivity index (χ4v) is 5.16. The van der Waals surface area contributed by atoms with Crippen molar-refractivity contribution in [3.05, 3.63) is 69.4 Å². The summed E-state index contributed by atoms with van der Waals surface area (Å²) in [5.41, 5.74) is 0.989. The van der Waals surface area contributed by atoms with Crippen molar-refractivity contribution in [1.29, 1.82) is 0 Å². The van der Waals surface area contributed by atoms with Crippen LogP contribution < -0.4 is 36.7 Å². The topological polar surface area (TPSA) is 190 Å². The Labute approximate surface area is 287 Å². The number of imidazole rings is 1. The molecule has 0 saturated heterocycles. The lowest BCUT2D eigenvalue weighted by molar-refractivity contribution is -0.123. The van der Waals surface area contributed by atoms with Crippen LogP contribution in [-0.2, 0) is 22.6 Å². The summed E-state index contributed by atoms with van der Waals surface area (Å²) < 4.78 is 16.5. The van der Waals surface area contributed by atoms with E-state index in [1.807, 2.05) is 13.8 Å². The number of anilines is 2. The second-order valence-electron chi connectivity index (χ2n) is 12.0. The Morgan fingerprint density at radius 2 is 1.59 bits per heavy atom. The Bertz CT molecular complexity index is 1890. The van der Waals surface area contributed by atoms with Crippen LogP contribution in [0.5, 0.6) is 5.75 Å². The zero-order valence-electron chi connectivity index (χ0n) is 28.2. The number of nitrogens with zero attached hydrogens (tertiary/aromatic N) is 3. The van der Waals surface area contributed by atoms with E-state index < -0.39 is 17.3 Å². The van der Waals surface area contributed by atoms with Gasteiger partial charge in [-0.3, -0.25) is 28.8 Å². The van der Waals surface area contributed by atoms with Crippen LogP contribution in [0, 0.1) is 0 Å². The van der Waals surface area contributed by atoms with Crippen LogP contribution in [0.3, 0.4) is 0 Å². The highest BCUT2D eigenvalue weighted by Gasteiger charge is 2.18. The molecule has 0 saturated carbocycles. The lowest BCUT2D eigenvalue weighted by atomic mass is 10.2. The highest BCUT2D eigenvalue weighted by molar-refractivity contribution is 8.14. The molecule has 5 N–H and O–H groups in total. The molecular weight excluding hydrogens is 652 g/mol. The summed E-state index contributed by atoms with van der Waals surface area (Å²) in [5, 5.41) is 7.64. The van der Waals surface area contributed by atoms with E-state index in [0.29, 0.717) is 60.1 Å². The van der Waals surface area contributed by atoms with Gasteiger partial charge in [0.2, 0.25) is 0 Å². The van der Waals surface area contributed by atoms with Crippen molar-refractivity contribution in [2.75, 3.05) is 29.7 Å². The van der Waals surface area contributed by atoms with Crippen molar-refractivity contribution >= 4 is 51.7 Å². The van der Waals surface area contributed by atoms with Gasteiger partial charge in [-0.2, -0.15) is 0 Å². The van der Waals surface area contributed by atoms with Crippen LogP contribution in [-0.4, -0.2) is 61.6 Å². The minimum absolute atomic E-state index is 0.192. The molecule has 262 valence electrons. The lowest BCUT2D eigenvalue weighted by Crippen LogP contribution is -2.40. The number of aryl methyl sites for hydroxylation is 1. The van der Waals surface area contributed by atoms with Gasteiger partial charge in [0.1, 0.15) is 22.7 Å². The number of amides is 3. The van der Waals surface area contributed by atoms with Crippen LogP contribution in [0.4, 0.5) is 21.0 Å². The molecule has 4 aromatic rings. The first-order chi connectivity index (χ1) is 23.4. The predicted octanol–water partition coefficient (Wildman–Crippen LogP) is 4.69. The number of benzene rings is 2. The molecule has 3 amide bonds. The molecule has 0 fully saturated rings. The van der Waals surface area contributed by atoms with Crippen LogP contribution in [0.25, 0.3) is 22.6 Å². The Kier molecular flexibility index (Phi) is 12.5. The maximum Gasteiger partial charge on any atom is 0.412 e. The number of fused-ring (bicyclic) bond motifs is 1. The number of aromatic nitrogens is 4. The molecule has 2 aromatic carbocycles. The van der Waals surface area contributed by atoms with Gasteiger partial charge in [-0.25, -0.2) is 14.6 Å². The molecule has 15 nitrogen and oxygen atoms in total. The van der Waals surface area contributed by atoms with Crippen LogP contribution in [0.1, 0.15) is 47.5 Å². The van der Waals surface area contributed by atoms with E-state index in [9.17, 15) is 24.0 Å². The first-order valence-electron chi connectivity index (χ1n) is 15.9. The van der Waals surface area contributed by atoms with Crippen molar-refractivity contribution in [2.24, 2.45) is 0 Å². The molecule has 2 heterocycles. The maximum absolute atomic E-state index is 13.0. The first kappa shape index (κ1) is 36.6. The molecular formula is C33H42N8O7S. The lowest BCUT2D eigenvalue weighted by Gasteiger charge is -2.19. The Hall–Kier alpha value is -5.25. The van der Waals surface area contributed by atoms with E-state index >= 15 is 0 Å². The summed E-state index contributed by atoms with van der Waals surface area (Å²) in [6.45, 7) is 10.1. The first-order valence-corrected chi connectivity index (χ1v) is 16.7. The van der Waals surface area contributed by atoms with Gasteiger partial charge in [0.05, 0.1) is 0 Å². The zero-order chi connectivity index (χ0) is 35.6. The number of aromatic amines is 1. The normalized spacial score (nSPS) is 11.2. The number of hydrogen-bond donors (Lipinski definition) is 5. The smallest absolute Gasteiger partial charge is 0.412 e. The van der Waals surface area contributed by atoms with Gasteiger partial charge >= 0.3 is 11.8 Å². The third kappa shape index (κ3) is 10.4. The van der Waals surface area contributed by atoms with E-state index in [4.69, 9.17) is 9.47 Å². The molecule has 0 aliphatic heterocycles. The summed E-state index contributed by atoms with van der Waals surface area (Å²) in [4.78, 5) is 70.1. The Balaban J connectivity index is 1.20. The van der Waals surface area contributed by atoms with Gasteiger partial charge in [0.25, 0.3) is 16.7 Å². The highest BCUT2D eigenvalue weighted by atomic mass is 32.2. The zero-order valence-corrected chi connectivity index (χ0v) is 29.0. The number of nitrogens with one attached hydrogen (secondary N) is 5. The predicted molar refractivity (Wildman–Crippen MR) is 190 cm³/mol. The summed E-state index contributed by atoms with van der Waals surface area (Å²) in [6, 6.07) is 13.7. The fraction of sp³-hybridized carbons (Fsp3) is 0.394. The van der Waals surface area contributed by atoms with E-state index in [2.05, 4.69) is 30.6 Å². The van der Waals surface area contributed by atoms with Crippen molar-refractivity contribution < 1.29 is 23.9 Å². The minimum Gasteiger partial charge on any atom is -0.484 e. The maximum atomic E-state index is 13.0. The average molecular weight is 695 g/mol. The summed E-state index contributed by atoms with van der Waals surface area (Å²) in [5.74, 6) is 0.520. The molecule has 0 radical (unpaired) electrons. The van der Waals surface area contributed by atoms with E-state index in [0.717, 1.165) is 11.9 Å². The molecule has 4 rings (SSSR count). The standard InChI is InChI=1S/C33H42N8O7S/c1-6-17-40-28-26(29(43)41(18-7-2)32(40)46)37-27(38-28)21-11-13-24(14-12-21)47-20-25(42)34-15-16-35-31(45)49-39-23-10-8-9-22(19-23)36-30(44)48-33(3,4)5/h8-14,19,39H,6-7,15-18,20H2,1-5H3,(H,34,42)(H,35,45)(H,36,44)(H,37,38). The third-order valence-corrected chi connectivity index (χ3v) is 7.41. The number of hydrogen-bond acceptors (Lipinski definition) is 10. The minimum atomic E-state index is -0.625. The molecule has 49 heavy (non-hydrogen) atoms. The van der Waals surface area contributed by atoms with Gasteiger partial charge < -0.3 is 29.8 Å². The van der Waals surface area contributed by atoms with Crippen molar-refractivity contribution in [2.45, 2.75) is 66.2 Å². The average Bonchev–Trinajstić information content (AvgIpc) is 3.50. The SMILES string of the molecule is CCCn1c(=O)c2[nH]c(-c3ccc(OCC(=O)NCCNC(=O)SNc4cccc(NC(=O)OC(C)(C)C)c4)cc3)nc2n(CCC)c1=O. The molecule has 16 heteroatoms.